The average Bonchev–Trinajstić information content (AvgIpc) is 3.37. The Kier molecular flexibility index (Phi) is 6.63. The number of imidazole rings is 2. The summed E-state index contributed by atoms with van der Waals surface area (Å²) in [5.41, 5.74) is 2.56. The van der Waals surface area contributed by atoms with Crippen LogP contribution >= 0.6 is 0 Å². The molecule has 2 heterocycles. The molecule has 0 spiro atoms. The van der Waals surface area contributed by atoms with Gasteiger partial charge in [0, 0.05) is 39.0 Å². The Morgan fingerprint density at radius 1 is 1.06 bits per heavy atom. The van der Waals surface area contributed by atoms with E-state index < -0.39 is 6.04 Å². The lowest BCUT2D eigenvalue weighted by Crippen LogP contribution is -2.33. The molecule has 2 aromatic heterocycles. The summed E-state index contributed by atoms with van der Waals surface area (Å²) in [5.74, 6) is 1.31. The van der Waals surface area contributed by atoms with Crippen molar-refractivity contribution in [1.82, 2.24) is 24.0 Å². The number of carbonyl (C=O) groups excluding carboxylic acids is 1. The van der Waals surface area contributed by atoms with Crippen molar-refractivity contribution in [2.45, 2.75) is 38.9 Å². The molecule has 0 bridgehead atoms. The molecule has 0 aliphatic heterocycles. The zero-order valence-corrected chi connectivity index (χ0v) is 19.2. The Balaban J connectivity index is 1.56. The highest BCUT2D eigenvalue weighted by Gasteiger charge is 2.21. The lowest BCUT2D eigenvalue weighted by molar-refractivity contribution is -0.121. The molecule has 1 amide bonds. The summed E-state index contributed by atoms with van der Waals surface area (Å²) in [5, 5.41) is 3.10. The number of fused-ring (bicyclic) bond motifs is 1. The maximum Gasteiger partial charge on any atom is 0.329 e. The molecular weight excluding hydrogens is 418 g/mol. The number of ether oxygens (including phenoxy) is 1. The number of aryl methyl sites for hydroxylation is 3. The van der Waals surface area contributed by atoms with Crippen LogP contribution in [0.5, 0.6) is 5.75 Å². The van der Waals surface area contributed by atoms with Crippen LogP contribution in [-0.2, 0) is 24.9 Å². The van der Waals surface area contributed by atoms with E-state index in [1.54, 1.807) is 22.4 Å². The molecule has 0 saturated carbocycles. The SMILES string of the molecule is CCCn1c(=O)n(CCC(=O)N[C@H](c2ccc(OC)cc2)c2nccn2C)c2ccccc21. The zero-order valence-electron chi connectivity index (χ0n) is 19.2. The minimum Gasteiger partial charge on any atom is -0.497 e. The Morgan fingerprint density at radius 2 is 1.73 bits per heavy atom. The lowest BCUT2D eigenvalue weighted by atomic mass is 10.1. The number of rotatable bonds is 9. The predicted octanol–water partition coefficient (Wildman–Crippen LogP) is 3.25. The molecular formula is C25H29N5O3. The molecule has 2 aromatic carbocycles. The van der Waals surface area contributed by atoms with E-state index in [2.05, 4.69) is 10.3 Å². The topological polar surface area (TPSA) is 83.1 Å². The van der Waals surface area contributed by atoms with Crippen LogP contribution in [0.25, 0.3) is 11.0 Å². The molecule has 172 valence electrons. The van der Waals surface area contributed by atoms with Crippen LogP contribution in [0.2, 0.25) is 0 Å². The summed E-state index contributed by atoms with van der Waals surface area (Å²) in [6.07, 6.45) is 4.60. The van der Waals surface area contributed by atoms with Gasteiger partial charge in [0.15, 0.2) is 0 Å². The highest BCUT2D eigenvalue weighted by molar-refractivity contribution is 5.78. The van der Waals surface area contributed by atoms with Crippen molar-refractivity contribution in [2.24, 2.45) is 7.05 Å². The Labute approximate surface area is 192 Å². The Bertz CT molecular complexity index is 1300. The molecule has 0 aliphatic rings. The monoisotopic (exact) mass is 447 g/mol. The van der Waals surface area contributed by atoms with Crippen LogP contribution in [-0.4, -0.2) is 31.7 Å². The van der Waals surface area contributed by atoms with Crippen LogP contribution < -0.4 is 15.7 Å². The van der Waals surface area contributed by atoms with Crippen molar-refractivity contribution in [2.75, 3.05) is 7.11 Å². The van der Waals surface area contributed by atoms with Gasteiger partial charge in [0.05, 0.1) is 18.1 Å². The van der Waals surface area contributed by atoms with Crippen molar-refractivity contribution in [3.63, 3.8) is 0 Å². The smallest absolute Gasteiger partial charge is 0.329 e. The summed E-state index contributed by atoms with van der Waals surface area (Å²) >= 11 is 0. The first-order valence-electron chi connectivity index (χ1n) is 11.1. The molecule has 33 heavy (non-hydrogen) atoms. The molecule has 4 rings (SSSR count). The molecule has 0 radical (unpaired) electrons. The fourth-order valence-corrected chi connectivity index (χ4v) is 4.12. The van der Waals surface area contributed by atoms with E-state index >= 15 is 0 Å². The number of methoxy groups -OCH3 is 1. The van der Waals surface area contributed by atoms with Gasteiger partial charge >= 0.3 is 5.69 Å². The van der Waals surface area contributed by atoms with E-state index in [1.165, 1.54) is 0 Å². The van der Waals surface area contributed by atoms with Crippen LogP contribution in [0.1, 0.15) is 37.2 Å². The number of amides is 1. The highest BCUT2D eigenvalue weighted by Crippen LogP contribution is 2.23. The maximum absolute atomic E-state index is 13.0. The number of hydrogen-bond acceptors (Lipinski definition) is 4. The van der Waals surface area contributed by atoms with Crippen LogP contribution in [0.4, 0.5) is 0 Å². The zero-order chi connectivity index (χ0) is 23.4. The number of nitrogens with zero attached hydrogens (tertiary/aromatic N) is 4. The quantitative estimate of drug-likeness (QED) is 0.427. The van der Waals surface area contributed by atoms with Gasteiger partial charge in [-0.3, -0.25) is 13.9 Å². The second kappa shape index (κ2) is 9.77. The van der Waals surface area contributed by atoms with E-state index in [0.29, 0.717) is 13.1 Å². The second-order valence-corrected chi connectivity index (χ2v) is 7.99. The Hall–Kier alpha value is -3.81. The standard InChI is InChI=1S/C25H29N5O3/c1-4-15-29-20-7-5-6-8-21(20)30(25(29)32)16-13-22(31)27-23(24-26-14-17-28(24)2)18-9-11-19(33-3)12-10-18/h5-12,14,17,23H,4,13,15-16H2,1-3H3,(H,27,31)/t23-/m1/s1. The number of aromatic nitrogens is 4. The van der Waals surface area contributed by atoms with Gasteiger partial charge in [0.1, 0.15) is 17.6 Å². The second-order valence-electron chi connectivity index (χ2n) is 7.99. The van der Waals surface area contributed by atoms with E-state index in [1.807, 2.05) is 73.3 Å². The van der Waals surface area contributed by atoms with Gasteiger partial charge in [-0.05, 0) is 36.2 Å². The minimum absolute atomic E-state index is 0.0818. The van der Waals surface area contributed by atoms with Crippen LogP contribution in [0, 0.1) is 0 Å². The number of para-hydroxylation sites is 2. The van der Waals surface area contributed by atoms with E-state index in [4.69, 9.17) is 4.74 Å². The first-order valence-corrected chi connectivity index (χ1v) is 11.1. The minimum atomic E-state index is -0.415. The van der Waals surface area contributed by atoms with Gasteiger partial charge in [0.2, 0.25) is 5.91 Å². The summed E-state index contributed by atoms with van der Waals surface area (Å²) in [6, 6.07) is 14.9. The van der Waals surface area contributed by atoms with Crippen molar-refractivity contribution >= 4 is 16.9 Å². The maximum atomic E-state index is 13.0. The third-order valence-corrected chi connectivity index (χ3v) is 5.81. The first kappa shape index (κ1) is 22.4. The average molecular weight is 448 g/mol. The van der Waals surface area contributed by atoms with Gasteiger partial charge in [-0.25, -0.2) is 9.78 Å². The summed E-state index contributed by atoms with van der Waals surface area (Å²) in [6.45, 7) is 3.00. The number of hydrogen-bond donors (Lipinski definition) is 1. The van der Waals surface area contributed by atoms with Gasteiger partial charge in [0.25, 0.3) is 0 Å². The first-order chi connectivity index (χ1) is 16.0. The van der Waals surface area contributed by atoms with Crippen molar-refractivity contribution in [3.8, 4) is 5.75 Å². The lowest BCUT2D eigenvalue weighted by Gasteiger charge is -2.19. The number of carbonyl (C=O) groups is 1. The molecule has 1 N–H and O–H groups in total. The molecule has 1 atom stereocenters. The van der Waals surface area contributed by atoms with Crippen molar-refractivity contribution < 1.29 is 9.53 Å². The van der Waals surface area contributed by atoms with E-state index in [-0.39, 0.29) is 18.0 Å². The van der Waals surface area contributed by atoms with Gasteiger partial charge < -0.3 is 14.6 Å². The predicted molar refractivity (Wildman–Crippen MR) is 127 cm³/mol. The van der Waals surface area contributed by atoms with E-state index in [9.17, 15) is 9.59 Å². The van der Waals surface area contributed by atoms with Crippen molar-refractivity contribution in [3.05, 3.63) is 82.8 Å². The molecule has 0 aliphatic carbocycles. The van der Waals surface area contributed by atoms with E-state index in [0.717, 1.165) is 34.6 Å². The molecule has 8 nitrogen and oxygen atoms in total. The third-order valence-electron chi connectivity index (χ3n) is 5.81. The number of nitrogens with one attached hydrogen (secondary N) is 1. The fraction of sp³-hybridized carbons (Fsp3) is 0.320. The largest absolute Gasteiger partial charge is 0.497 e. The molecule has 4 aromatic rings. The Morgan fingerprint density at radius 3 is 2.30 bits per heavy atom. The summed E-state index contributed by atoms with van der Waals surface area (Å²) in [4.78, 5) is 30.5. The molecule has 0 fully saturated rings. The van der Waals surface area contributed by atoms with Crippen LogP contribution in [0.3, 0.4) is 0 Å². The summed E-state index contributed by atoms with van der Waals surface area (Å²) in [7, 11) is 3.51. The fourth-order valence-electron chi connectivity index (χ4n) is 4.12. The third kappa shape index (κ3) is 4.55. The van der Waals surface area contributed by atoms with Gasteiger partial charge in [-0.15, -0.1) is 0 Å². The normalized spacial score (nSPS) is 12.1. The van der Waals surface area contributed by atoms with Gasteiger partial charge in [-0.2, -0.15) is 0 Å². The van der Waals surface area contributed by atoms with Crippen LogP contribution in [0.15, 0.2) is 65.7 Å². The molecule has 8 heteroatoms. The molecule has 0 unspecified atom stereocenters. The van der Waals surface area contributed by atoms with Gasteiger partial charge in [-0.1, -0.05) is 31.2 Å². The summed E-state index contributed by atoms with van der Waals surface area (Å²) < 4.78 is 10.6. The molecule has 0 saturated heterocycles. The number of benzene rings is 2. The van der Waals surface area contributed by atoms with Crippen molar-refractivity contribution in [1.29, 1.82) is 0 Å². The highest BCUT2D eigenvalue weighted by atomic mass is 16.5.